The Labute approximate surface area is 98.7 Å². The van der Waals surface area contributed by atoms with Crippen LogP contribution in [0.25, 0.3) is 0 Å². The van der Waals surface area contributed by atoms with Crippen molar-refractivity contribution in [2.24, 2.45) is 0 Å². The summed E-state index contributed by atoms with van der Waals surface area (Å²) < 4.78 is 4.88. The summed E-state index contributed by atoms with van der Waals surface area (Å²) in [5, 5.41) is 9.92. The van der Waals surface area contributed by atoms with Gasteiger partial charge in [0.1, 0.15) is 18.0 Å². The lowest BCUT2D eigenvalue weighted by Crippen LogP contribution is -2.08. The Bertz CT molecular complexity index is 483. The number of nitrogens with one attached hydrogen (secondary N) is 2. The molecule has 0 atom stereocenters. The third kappa shape index (κ3) is 3.13. The van der Waals surface area contributed by atoms with E-state index in [2.05, 4.69) is 30.7 Å². The second kappa shape index (κ2) is 5.24. The second-order valence-electron chi connectivity index (χ2n) is 3.44. The smallest absolute Gasteiger partial charge is 0.223 e. The highest BCUT2D eigenvalue weighted by Gasteiger charge is 2.02. The predicted octanol–water partition coefficient (Wildman–Crippen LogP) is 0.864. The van der Waals surface area contributed by atoms with Crippen LogP contribution in [0.2, 0.25) is 0 Å². The van der Waals surface area contributed by atoms with Gasteiger partial charge in [-0.1, -0.05) is 5.16 Å². The highest BCUT2D eigenvalue weighted by molar-refractivity contribution is 5.45. The first-order chi connectivity index (χ1) is 8.28. The molecule has 0 saturated carbocycles. The van der Waals surface area contributed by atoms with Gasteiger partial charge in [-0.2, -0.15) is 4.98 Å². The first kappa shape index (κ1) is 11.3. The van der Waals surface area contributed by atoms with Gasteiger partial charge in [0.2, 0.25) is 5.89 Å². The average Bonchev–Trinajstić information content (AvgIpc) is 2.75. The minimum atomic E-state index is 0.583. The number of rotatable bonds is 5. The molecule has 0 aliphatic heterocycles. The highest BCUT2D eigenvalue weighted by atomic mass is 16.5. The Balaban J connectivity index is 1.85. The Kier molecular flexibility index (Phi) is 3.49. The van der Waals surface area contributed by atoms with Gasteiger partial charge in [-0.05, 0) is 0 Å². The van der Waals surface area contributed by atoms with Crippen molar-refractivity contribution in [3.8, 4) is 0 Å². The number of aryl methyl sites for hydroxylation is 1. The fourth-order valence-electron chi connectivity index (χ4n) is 1.34. The van der Waals surface area contributed by atoms with Crippen molar-refractivity contribution in [2.45, 2.75) is 13.3 Å². The van der Waals surface area contributed by atoms with Crippen molar-refractivity contribution < 1.29 is 4.52 Å². The van der Waals surface area contributed by atoms with E-state index in [0.29, 0.717) is 24.7 Å². The van der Waals surface area contributed by atoms with Gasteiger partial charge in [-0.15, -0.1) is 0 Å². The molecule has 2 heterocycles. The summed E-state index contributed by atoms with van der Waals surface area (Å²) in [6.45, 7) is 2.46. The SMILES string of the molecule is CNc1cc(NCCc2noc(C)n2)ncn1. The van der Waals surface area contributed by atoms with Crippen molar-refractivity contribution in [1.29, 1.82) is 0 Å². The summed E-state index contributed by atoms with van der Waals surface area (Å²) in [5.74, 6) is 2.82. The summed E-state index contributed by atoms with van der Waals surface area (Å²) in [6.07, 6.45) is 2.20. The molecule has 0 aromatic carbocycles. The van der Waals surface area contributed by atoms with Crippen molar-refractivity contribution in [3.05, 3.63) is 24.1 Å². The molecular formula is C10H14N6O. The predicted molar refractivity (Wildman–Crippen MR) is 62.8 cm³/mol. The van der Waals surface area contributed by atoms with Crippen LogP contribution in [0.3, 0.4) is 0 Å². The van der Waals surface area contributed by atoms with Crippen molar-refractivity contribution in [2.75, 3.05) is 24.2 Å². The van der Waals surface area contributed by atoms with Gasteiger partial charge in [0, 0.05) is 33.0 Å². The first-order valence-corrected chi connectivity index (χ1v) is 5.31. The minimum Gasteiger partial charge on any atom is -0.373 e. The van der Waals surface area contributed by atoms with Gasteiger partial charge < -0.3 is 15.2 Å². The zero-order valence-corrected chi connectivity index (χ0v) is 9.77. The van der Waals surface area contributed by atoms with Crippen molar-refractivity contribution in [1.82, 2.24) is 20.1 Å². The Morgan fingerprint density at radius 2 is 2.12 bits per heavy atom. The molecule has 0 spiro atoms. The van der Waals surface area contributed by atoms with E-state index >= 15 is 0 Å². The highest BCUT2D eigenvalue weighted by Crippen LogP contribution is 2.07. The first-order valence-electron chi connectivity index (χ1n) is 5.31. The molecule has 0 unspecified atom stereocenters. The zero-order chi connectivity index (χ0) is 12.1. The summed E-state index contributed by atoms with van der Waals surface area (Å²) in [5.41, 5.74) is 0. The standard InChI is InChI=1S/C10H14N6O/c1-7-15-8(16-17-7)3-4-12-10-5-9(11-2)13-6-14-10/h5-6H,3-4H2,1-2H3,(H2,11,12,13,14). The maximum Gasteiger partial charge on any atom is 0.223 e. The van der Waals surface area contributed by atoms with Gasteiger partial charge in [-0.3, -0.25) is 0 Å². The summed E-state index contributed by atoms with van der Waals surface area (Å²) in [6, 6.07) is 1.83. The van der Waals surface area contributed by atoms with E-state index < -0.39 is 0 Å². The molecule has 0 saturated heterocycles. The van der Waals surface area contributed by atoms with Crippen LogP contribution in [0, 0.1) is 6.92 Å². The molecule has 7 nitrogen and oxygen atoms in total. The van der Waals surface area contributed by atoms with E-state index in [9.17, 15) is 0 Å². The summed E-state index contributed by atoms with van der Waals surface area (Å²) in [7, 11) is 1.81. The molecule has 0 amide bonds. The molecule has 0 radical (unpaired) electrons. The van der Waals surface area contributed by atoms with Gasteiger partial charge in [0.15, 0.2) is 5.82 Å². The minimum absolute atomic E-state index is 0.583. The topological polar surface area (TPSA) is 88.8 Å². The van der Waals surface area contributed by atoms with E-state index in [1.165, 1.54) is 6.33 Å². The molecule has 0 fully saturated rings. The fourth-order valence-corrected chi connectivity index (χ4v) is 1.34. The number of hydrogen-bond donors (Lipinski definition) is 2. The van der Waals surface area contributed by atoms with E-state index in [4.69, 9.17) is 4.52 Å². The third-order valence-electron chi connectivity index (χ3n) is 2.15. The molecule has 90 valence electrons. The van der Waals surface area contributed by atoms with Crippen LogP contribution in [0.4, 0.5) is 11.6 Å². The number of nitrogens with zero attached hydrogens (tertiary/aromatic N) is 4. The number of hydrogen-bond acceptors (Lipinski definition) is 7. The molecular weight excluding hydrogens is 220 g/mol. The maximum atomic E-state index is 4.88. The van der Waals surface area contributed by atoms with E-state index in [1.54, 1.807) is 6.92 Å². The molecule has 2 aromatic heterocycles. The average molecular weight is 234 g/mol. The lowest BCUT2D eigenvalue weighted by atomic mass is 10.4. The Hall–Kier alpha value is -2.18. The van der Waals surface area contributed by atoms with E-state index in [-0.39, 0.29) is 0 Å². The Morgan fingerprint density at radius 1 is 1.29 bits per heavy atom. The van der Waals surface area contributed by atoms with Crippen LogP contribution in [0.15, 0.2) is 16.9 Å². The summed E-state index contributed by atoms with van der Waals surface area (Å²) in [4.78, 5) is 12.2. The van der Waals surface area contributed by atoms with Gasteiger partial charge in [-0.25, -0.2) is 9.97 Å². The van der Waals surface area contributed by atoms with Crippen LogP contribution >= 0.6 is 0 Å². The van der Waals surface area contributed by atoms with E-state index in [1.807, 2.05) is 13.1 Å². The third-order valence-corrected chi connectivity index (χ3v) is 2.15. The molecule has 2 aromatic rings. The largest absolute Gasteiger partial charge is 0.373 e. The summed E-state index contributed by atoms with van der Waals surface area (Å²) >= 11 is 0. The monoisotopic (exact) mass is 234 g/mol. The van der Waals surface area contributed by atoms with Gasteiger partial charge in [0.25, 0.3) is 0 Å². The van der Waals surface area contributed by atoms with Crippen molar-refractivity contribution >= 4 is 11.6 Å². The molecule has 2 rings (SSSR count). The number of aromatic nitrogens is 4. The van der Waals surface area contributed by atoms with Crippen LogP contribution in [-0.4, -0.2) is 33.7 Å². The van der Waals surface area contributed by atoms with Crippen molar-refractivity contribution in [3.63, 3.8) is 0 Å². The molecule has 0 aliphatic carbocycles. The van der Waals surface area contributed by atoms with Gasteiger partial charge in [0.05, 0.1) is 0 Å². The van der Waals surface area contributed by atoms with Crippen LogP contribution in [0.1, 0.15) is 11.7 Å². The number of anilines is 2. The zero-order valence-electron chi connectivity index (χ0n) is 9.77. The lowest BCUT2D eigenvalue weighted by molar-refractivity contribution is 0.387. The lowest BCUT2D eigenvalue weighted by Gasteiger charge is -2.04. The Morgan fingerprint density at radius 3 is 2.82 bits per heavy atom. The quantitative estimate of drug-likeness (QED) is 0.793. The molecule has 7 heteroatoms. The maximum absolute atomic E-state index is 4.88. The fraction of sp³-hybridized carbons (Fsp3) is 0.400. The normalized spacial score (nSPS) is 10.2. The molecule has 2 N–H and O–H groups in total. The van der Waals surface area contributed by atoms with Crippen LogP contribution < -0.4 is 10.6 Å². The molecule has 17 heavy (non-hydrogen) atoms. The van der Waals surface area contributed by atoms with Crippen LogP contribution in [0.5, 0.6) is 0 Å². The molecule has 0 bridgehead atoms. The molecule has 0 aliphatic rings. The van der Waals surface area contributed by atoms with Crippen LogP contribution in [-0.2, 0) is 6.42 Å². The second-order valence-corrected chi connectivity index (χ2v) is 3.44. The van der Waals surface area contributed by atoms with Gasteiger partial charge >= 0.3 is 0 Å². The van der Waals surface area contributed by atoms with E-state index in [0.717, 1.165) is 11.6 Å².